The van der Waals surface area contributed by atoms with Gasteiger partial charge in [0.2, 0.25) is 0 Å². The molecule has 0 unspecified atom stereocenters. The Kier molecular flexibility index (Phi) is 4.39. The minimum absolute atomic E-state index is 0.0409. The summed E-state index contributed by atoms with van der Waals surface area (Å²) in [4.78, 5) is 12.3. The third kappa shape index (κ3) is 2.99. The molecule has 0 aliphatic carbocycles. The highest BCUT2D eigenvalue weighted by molar-refractivity contribution is 9.10. The Bertz CT molecular complexity index is 658. The topological polar surface area (TPSA) is 52.3 Å². The maximum absolute atomic E-state index is 13.1. The van der Waals surface area contributed by atoms with Crippen LogP contribution in [0.15, 0.2) is 40.9 Å². The van der Waals surface area contributed by atoms with E-state index in [9.17, 15) is 9.18 Å². The van der Waals surface area contributed by atoms with Crippen LogP contribution < -0.4 is 10.5 Å². The van der Waals surface area contributed by atoms with E-state index >= 15 is 0 Å². The van der Waals surface area contributed by atoms with Crippen LogP contribution in [-0.2, 0) is 0 Å². The molecule has 2 N–H and O–H groups in total. The number of benzene rings is 2. The summed E-state index contributed by atoms with van der Waals surface area (Å²) in [5.74, 6) is -0.0856. The Balaban J connectivity index is 2.33. The lowest BCUT2D eigenvalue weighted by Gasteiger charge is -2.08. The number of hydrogen-bond donors (Lipinski definition) is 1. The number of ether oxygens (including phenoxy) is 1. The Morgan fingerprint density at radius 3 is 2.50 bits per heavy atom. The van der Waals surface area contributed by atoms with Gasteiger partial charge in [-0.05, 0) is 59.3 Å². The fourth-order valence-corrected chi connectivity index (χ4v) is 2.26. The van der Waals surface area contributed by atoms with Gasteiger partial charge in [-0.15, -0.1) is 0 Å². The number of ketones is 1. The SMILES string of the molecule is CCOc1ccc(C(=O)c2ccc(F)c(N)c2)cc1Br. The van der Waals surface area contributed by atoms with Crippen molar-refractivity contribution in [2.75, 3.05) is 12.3 Å². The van der Waals surface area contributed by atoms with Gasteiger partial charge in [-0.3, -0.25) is 4.79 Å². The Morgan fingerprint density at radius 2 is 1.90 bits per heavy atom. The van der Waals surface area contributed by atoms with Crippen molar-refractivity contribution in [2.45, 2.75) is 6.92 Å². The van der Waals surface area contributed by atoms with Gasteiger partial charge in [-0.2, -0.15) is 0 Å². The average Bonchev–Trinajstić information content (AvgIpc) is 2.43. The van der Waals surface area contributed by atoms with Crippen LogP contribution in [0.2, 0.25) is 0 Å². The Morgan fingerprint density at radius 1 is 1.25 bits per heavy atom. The van der Waals surface area contributed by atoms with E-state index in [-0.39, 0.29) is 11.5 Å². The molecule has 0 spiro atoms. The highest BCUT2D eigenvalue weighted by atomic mass is 79.9. The summed E-state index contributed by atoms with van der Waals surface area (Å²) >= 11 is 3.35. The molecule has 0 bridgehead atoms. The largest absolute Gasteiger partial charge is 0.493 e. The summed E-state index contributed by atoms with van der Waals surface area (Å²) in [5, 5.41) is 0. The molecule has 2 rings (SSSR count). The van der Waals surface area contributed by atoms with Crippen molar-refractivity contribution in [1.82, 2.24) is 0 Å². The standard InChI is InChI=1S/C15H13BrFNO2/c1-2-20-14-6-4-9(7-11(14)16)15(19)10-3-5-12(17)13(18)8-10/h3-8H,2,18H2,1H3. The highest BCUT2D eigenvalue weighted by Crippen LogP contribution is 2.27. The lowest BCUT2D eigenvalue weighted by atomic mass is 10.0. The van der Waals surface area contributed by atoms with Gasteiger partial charge in [0.1, 0.15) is 11.6 Å². The van der Waals surface area contributed by atoms with Crippen LogP contribution in [0.4, 0.5) is 10.1 Å². The van der Waals surface area contributed by atoms with Gasteiger partial charge in [0.05, 0.1) is 16.8 Å². The van der Waals surface area contributed by atoms with E-state index < -0.39 is 5.82 Å². The van der Waals surface area contributed by atoms with Crippen LogP contribution in [0.3, 0.4) is 0 Å². The van der Waals surface area contributed by atoms with Gasteiger partial charge in [0.15, 0.2) is 5.78 Å². The van der Waals surface area contributed by atoms with Gasteiger partial charge in [-0.1, -0.05) is 0 Å². The van der Waals surface area contributed by atoms with Crippen molar-refractivity contribution in [3.63, 3.8) is 0 Å². The lowest BCUT2D eigenvalue weighted by Crippen LogP contribution is -2.04. The number of rotatable bonds is 4. The molecule has 0 radical (unpaired) electrons. The molecule has 0 heterocycles. The van der Waals surface area contributed by atoms with E-state index in [0.29, 0.717) is 28.0 Å². The predicted octanol–water partition coefficient (Wildman–Crippen LogP) is 3.80. The molecule has 2 aromatic carbocycles. The number of nitrogen functional groups attached to an aromatic ring is 1. The van der Waals surface area contributed by atoms with Crippen LogP contribution in [0.25, 0.3) is 0 Å². The van der Waals surface area contributed by atoms with Crippen molar-refractivity contribution in [2.24, 2.45) is 0 Å². The Hall–Kier alpha value is -1.88. The van der Waals surface area contributed by atoms with Crippen LogP contribution in [0.5, 0.6) is 5.75 Å². The highest BCUT2D eigenvalue weighted by Gasteiger charge is 2.13. The summed E-state index contributed by atoms with van der Waals surface area (Å²) in [6.07, 6.45) is 0. The van der Waals surface area contributed by atoms with E-state index in [1.807, 2.05) is 6.92 Å². The molecular weight excluding hydrogens is 325 g/mol. The van der Waals surface area contributed by atoms with Crippen molar-refractivity contribution in [3.8, 4) is 5.75 Å². The van der Waals surface area contributed by atoms with Crippen molar-refractivity contribution >= 4 is 27.4 Å². The first-order chi connectivity index (χ1) is 9.52. The van der Waals surface area contributed by atoms with E-state index in [1.54, 1.807) is 18.2 Å². The van der Waals surface area contributed by atoms with Crippen LogP contribution in [-0.4, -0.2) is 12.4 Å². The minimum Gasteiger partial charge on any atom is -0.493 e. The molecule has 104 valence electrons. The minimum atomic E-state index is -0.533. The molecule has 5 heteroatoms. The van der Waals surface area contributed by atoms with E-state index in [4.69, 9.17) is 10.5 Å². The maximum Gasteiger partial charge on any atom is 0.193 e. The molecule has 0 saturated carbocycles. The molecule has 0 aliphatic rings. The number of hydrogen-bond acceptors (Lipinski definition) is 3. The molecule has 0 atom stereocenters. The predicted molar refractivity (Wildman–Crippen MR) is 79.6 cm³/mol. The van der Waals surface area contributed by atoms with E-state index in [1.165, 1.54) is 18.2 Å². The van der Waals surface area contributed by atoms with Gasteiger partial charge in [0, 0.05) is 11.1 Å². The fourth-order valence-electron chi connectivity index (χ4n) is 1.77. The monoisotopic (exact) mass is 337 g/mol. The molecule has 3 nitrogen and oxygen atoms in total. The second kappa shape index (κ2) is 6.05. The molecule has 0 aliphatic heterocycles. The van der Waals surface area contributed by atoms with Gasteiger partial charge >= 0.3 is 0 Å². The van der Waals surface area contributed by atoms with Crippen LogP contribution >= 0.6 is 15.9 Å². The third-order valence-electron chi connectivity index (χ3n) is 2.75. The summed E-state index contributed by atoms with van der Waals surface area (Å²) in [5.41, 5.74) is 6.26. The zero-order chi connectivity index (χ0) is 14.7. The first-order valence-electron chi connectivity index (χ1n) is 6.05. The molecule has 20 heavy (non-hydrogen) atoms. The third-order valence-corrected chi connectivity index (χ3v) is 3.37. The first-order valence-corrected chi connectivity index (χ1v) is 6.84. The van der Waals surface area contributed by atoms with Crippen molar-refractivity contribution in [3.05, 3.63) is 57.8 Å². The quantitative estimate of drug-likeness (QED) is 0.681. The molecule has 0 fully saturated rings. The number of carbonyl (C=O) groups is 1. The maximum atomic E-state index is 13.1. The number of nitrogens with two attached hydrogens (primary N) is 1. The van der Waals surface area contributed by atoms with E-state index in [2.05, 4.69) is 15.9 Å². The van der Waals surface area contributed by atoms with Crippen LogP contribution in [0, 0.1) is 5.82 Å². The lowest BCUT2D eigenvalue weighted by molar-refractivity contribution is 0.103. The van der Waals surface area contributed by atoms with Crippen molar-refractivity contribution in [1.29, 1.82) is 0 Å². The number of halogens is 2. The van der Waals surface area contributed by atoms with Gasteiger partial charge in [0.25, 0.3) is 0 Å². The second-order valence-electron chi connectivity index (χ2n) is 4.14. The van der Waals surface area contributed by atoms with Gasteiger partial charge < -0.3 is 10.5 Å². The van der Waals surface area contributed by atoms with E-state index in [0.717, 1.165) is 0 Å². The average molecular weight is 338 g/mol. The smallest absolute Gasteiger partial charge is 0.193 e. The molecule has 0 amide bonds. The number of carbonyl (C=O) groups excluding carboxylic acids is 1. The Labute approximate surface area is 124 Å². The summed E-state index contributed by atoms with van der Waals surface area (Å²) in [6, 6.07) is 8.99. The van der Waals surface area contributed by atoms with Gasteiger partial charge in [-0.25, -0.2) is 4.39 Å². The number of anilines is 1. The molecule has 2 aromatic rings. The molecule has 0 aromatic heterocycles. The second-order valence-corrected chi connectivity index (χ2v) is 5.00. The zero-order valence-corrected chi connectivity index (χ0v) is 12.4. The van der Waals surface area contributed by atoms with Crippen molar-refractivity contribution < 1.29 is 13.9 Å². The van der Waals surface area contributed by atoms with Crippen LogP contribution in [0.1, 0.15) is 22.8 Å². The molecule has 0 saturated heterocycles. The molecular formula is C15H13BrFNO2. The summed E-state index contributed by atoms with van der Waals surface area (Å²) < 4.78 is 19.2. The summed E-state index contributed by atoms with van der Waals surface area (Å²) in [7, 11) is 0. The zero-order valence-electron chi connectivity index (χ0n) is 10.8. The summed E-state index contributed by atoms with van der Waals surface area (Å²) in [6.45, 7) is 2.42. The first kappa shape index (κ1) is 14.5. The fraction of sp³-hybridized carbons (Fsp3) is 0.133. The normalized spacial score (nSPS) is 10.3.